The molecule has 0 heterocycles. The first-order valence-corrected chi connectivity index (χ1v) is 54.0. The Morgan fingerprint density at radius 2 is 0.406 bits per heavy atom. The number of unbranched alkanes of at least 4 members (excludes halogenated alkanes) is 47. The lowest BCUT2D eigenvalue weighted by Crippen LogP contribution is -2.12. The van der Waals surface area contributed by atoms with Crippen LogP contribution in [-0.2, 0) is 22.8 Å². The van der Waals surface area contributed by atoms with Crippen LogP contribution in [0.25, 0.3) is 87.6 Å². The molecule has 9 heteroatoms. The zero-order chi connectivity index (χ0) is 92.6. The van der Waals surface area contributed by atoms with Gasteiger partial charge in [-0.25, -0.2) is 0 Å². The van der Waals surface area contributed by atoms with Crippen LogP contribution in [0.15, 0.2) is 200 Å². The fraction of sp³-hybridized carbons (Fsp3) is 0.516. The third-order valence-electron chi connectivity index (χ3n) is 27.4. The van der Waals surface area contributed by atoms with E-state index in [2.05, 4.69) is 245 Å². The molecule has 11 aromatic rings. The highest BCUT2D eigenvalue weighted by Gasteiger charge is 2.26. The minimum absolute atomic E-state index is 0.0852. The zero-order valence-corrected chi connectivity index (χ0v) is 83.1. The first kappa shape index (κ1) is 104. The number of carbonyl (C=O) groups excluding carboxylic acids is 2. The molecule has 0 unspecified atom stereocenters. The fourth-order valence-corrected chi connectivity index (χ4v) is 19.7. The molecule has 0 aliphatic rings. The molecule has 0 saturated heterocycles. The lowest BCUT2D eigenvalue weighted by Gasteiger charge is -2.23. The summed E-state index contributed by atoms with van der Waals surface area (Å²) in [5.41, 5.74) is 12.6. The second-order valence-electron chi connectivity index (χ2n) is 38.4. The number of nitrogens with one attached hydrogen (secondary N) is 2. The molecule has 9 nitrogen and oxygen atoms in total. The van der Waals surface area contributed by atoms with Gasteiger partial charge in [-0.2, -0.15) is 0 Å². The average molecular weight is 1800 g/mol. The normalized spacial score (nSPS) is 11.5. The lowest BCUT2D eigenvalue weighted by molar-refractivity contribution is -0.117. The topological polar surface area (TPSA) is 104 Å². The molecule has 2 N–H and O–H groups in total. The van der Waals surface area contributed by atoms with Crippen molar-refractivity contribution < 1.29 is 33.3 Å². The molecule has 11 aromatic carbocycles. The molecule has 0 atom stereocenters. The number of carbonyl (C=O) groups is 2. The minimum Gasteiger partial charge on any atom is -0.489 e. The van der Waals surface area contributed by atoms with Gasteiger partial charge in [-0.15, -0.1) is 0 Å². The molecule has 2 amide bonds. The van der Waals surface area contributed by atoms with Crippen LogP contribution in [-0.4, -0.2) is 31.6 Å². The van der Waals surface area contributed by atoms with Crippen molar-refractivity contribution in [3.8, 4) is 73.3 Å². The van der Waals surface area contributed by atoms with E-state index in [0.29, 0.717) is 49.9 Å². The first-order chi connectivity index (χ1) is 65.8. The van der Waals surface area contributed by atoms with Gasteiger partial charge >= 0.3 is 0 Å². The van der Waals surface area contributed by atoms with Gasteiger partial charge in [0.1, 0.15) is 24.7 Å². The predicted octanol–water partition coefficient (Wildman–Crippen LogP) is 38.3. The Balaban J connectivity index is 0.861. The third kappa shape index (κ3) is 34.9. The monoisotopic (exact) mass is 1800 g/mol. The number of ether oxygens (including phenoxy) is 5. The molecule has 0 aliphatic carbocycles. The molecular weight excluding hydrogens is 1630 g/mol. The summed E-state index contributed by atoms with van der Waals surface area (Å²) in [4.78, 5) is 26.6. The van der Waals surface area contributed by atoms with E-state index in [1.807, 2.05) is 0 Å². The molecule has 0 saturated carbocycles. The van der Waals surface area contributed by atoms with Crippen LogP contribution < -0.4 is 34.3 Å². The van der Waals surface area contributed by atoms with Crippen LogP contribution in [0.2, 0.25) is 0 Å². The van der Waals surface area contributed by atoms with Crippen molar-refractivity contribution >= 4 is 66.3 Å². The number of anilines is 2. The first-order valence-electron chi connectivity index (χ1n) is 54.0. The number of fused-ring (bicyclic) bond motifs is 4. The lowest BCUT2D eigenvalue weighted by atomic mass is 9.86. The highest BCUT2D eigenvalue weighted by atomic mass is 16.5. The molecule has 133 heavy (non-hydrogen) atoms. The van der Waals surface area contributed by atoms with E-state index in [1.165, 1.54) is 335 Å². The van der Waals surface area contributed by atoms with Crippen molar-refractivity contribution in [1.82, 2.24) is 0 Å². The van der Waals surface area contributed by atoms with E-state index in [-0.39, 0.29) is 25.0 Å². The van der Waals surface area contributed by atoms with Gasteiger partial charge in [0.2, 0.25) is 17.6 Å². The van der Waals surface area contributed by atoms with Gasteiger partial charge in [0.15, 0.2) is 11.5 Å². The zero-order valence-electron chi connectivity index (χ0n) is 83.1. The Labute approximate surface area is 804 Å². The molecule has 0 aliphatic heterocycles. The van der Waals surface area contributed by atoms with Gasteiger partial charge in [-0.05, 0) is 174 Å². The quantitative estimate of drug-likeness (QED) is 0.0289. The summed E-state index contributed by atoms with van der Waals surface area (Å²) in [5, 5.41) is 15.8. The van der Waals surface area contributed by atoms with Crippen molar-refractivity contribution in [2.24, 2.45) is 0 Å². The van der Waals surface area contributed by atoms with E-state index in [9.17, 15) is 9.59 Å². The Morgan fingerprint density at radius 3 is 0.632 bits per heavy atom. The molecule has 716 valence electrons. The van der Waals surface area contributed by atoms with Gasteiger partial charge < -0.3 is 34.3 Å². The number of hydrogen-bond donors (Lipinski definition) is 2. The third-order valence-corrected chi connectivity index (χ3v) is 27.4. The fourth-order valence-electron chi connectivity index (χ4n) is 19.7. The van der Waals surface area contributed by atoms with E-state index >= 15 is 0 Å². The molecule has 0 bridgehead atoms. The smallest absolute Gasteiger partial charge is 0.224 e. The van der Waals surface area contributed by atoms with Crippen LogP contribution in [0.5, 0.6) is 28.7 Å². The van der Waals surface area contributed by atoms with Crippen molar-refractivity contribution in [2.45, 2.75) is 395 Å². The number of benzene rings is 11. The highest BCUT2D eigenvalue weighted by molar-refractivity contribution is 6.23. The standard InChI is InChI=1S/C124H168N2O7/c1-6-11-16-21-26-31-36-38-43-48-53-74-116(127)125-104-84-76-98(77-85-104)118-108-66-55-59-70-112(108)120(113-71-60-56-67-109(113)118)100-80-88-106(89-81-100)132-96-102-95-103(123(130-93-64-51-46-41-34-29-24-19-14-9-4)124(131-94-65-52-47-42-35-30-25-20-15-10-5)122(102)129-92-63-50-45-40-33-28-23-18-13-8-3)97-133-107-90-82-101(83-91-107)121-114-72-61-57-68-110(114)119(111-69-58-62-73-115(111)121)99-78-86-105(87-79-99)126-117(128)75-54-49-44-39-37-32-27-22-17-12-7-2/h55-62,66-73,76-91,95H,6-54,63-65,74-75,92-94,96-97H2,1-5H3,(H,125,127)(H,126,128). The second kappa shape index (κ2) is 62.1. The van der Waals surface area contributed by atoms with Crippen LogP contribution in [0.3, 0.4) is 0 Å². The molecule has 0 spiro atoms. The molecular formula is C124H168N2O7. The van der Waals surface area contributed by atoms with Crippen molar-refractivity contribution in [3.05, 3.63) is 211 Å². The largest absolute Gasteiger partial charge is 0.489 e. The number of rotatable bonds is 72. The Kier molecular flexibility index (Phi) is 48.5. The molecule has 0 aromatic heterocycles. The summed E-state index contributed by atoms with van der Waals surface area (Å²) in [6.45, 7) is 13.6. The van der Waals surface area contributed by atoms with Crippen LogP contribution >= 0.6 is 0 Å². The number of amides is 2. The average Bonchev–Trinajstić information content (AvgIpc) is 0.740. The maximum atomic E-state index is 13.3. The number of hydrogen-bond acceptors (Lipinski definition) is 7. The molecule has 0 radical (unpaired) electrons. The molecule has 0 fully saturated rings. The maximum Gasteiger partial charge on any atom is 0.224 e. The Bertz CT molecular complexity index is 4670. The van der Waals surface area contributed by atoms with Gasteiger partial charge in [0, 0.05) is 35.3 Å². The summed E-state index contributed by atoms with van der Waals surface area (Å²) in [6.07, 6.45) is 65.9. The maximum absolute atomic E-state index is 13.3. The van der Waals surface area contributed by atoms with Crippen LogP contribution in [0.1, 0.15) is 392 Å². The van der Waals surface area contributed by atoms with E-state index in [4.69, 9.17) is 23.7 Å². The van der Waals surface area contributed by atoms with Crippen molar-refractivity contribution in [3.63, 3.8) is 0 Å². The summed E-state index contributed by atoms with van der Waals surface area (Å²) in [5.74, 6) is 3.74. The Morgan fingerprint density at radius 1 is 0.211 bits per heavy atom. The predicted molar refractivity (Wildman–Crippen MR) is 571 cm³/mol. The SMILES string of the molecule is CCCCCCCCCCCCCC(=O)Nc1ccc(-c2c3ccccc3c(-c3ccc(OCc4cc(COc5ccc(-c6c7ccccc7c(-c7ccc(NC(=O)CCCCCCCCCCCCC)cc7)c7ccccc67)cc5)c(OCCCCCCCCCCCC)c(OCCCCCCCCCCCC)c4OCCCCCCCCCCCC)cc3)c3ccccc23)cc1. The Hall–Kier alpha value is -9.60. The minimum atomic E-state index is 0.0852. The van der Waals surface area contributed by atoms with Gasteiger partial charge in [0.25, 0.3) is 0 Å². The van der Waals surface area contributed by atoms with E-state index < -0.39 is 0 Å². The van der Waals surface area contributed by atoms with Gasteiger partial charge in [-0.3, -0.25) is 9.59 Å². The van der Waals surface area contributed by atoms with Crippen LogP contribution in [0, 0.1) is 0 Å². The van der Waals surface area contributed by atoms with E-state index in [0.717, 1.165) is 120 Å². The molecule has 11 rings (SSSR count). The second-order valence-corrected chi connectivity index (χ2v) is 38.4. The van der Waals surface area contributed by atoms with Crippen molar-refractivity contribution in [1.29, 1.82) is 0 Å². The van der Waals surface area contributed by atoms with E-state index in [1.54, 1.807) is 0 Å². The van der Waals surface area contributed by atoms with Gasteiger partial charge in [-0.1, -0.05) is 482 Å². The summed E-state index contributed by atoms with van der Waals surface area (Å²) in [6, 6.07) is 71.9. The summed E-state index contributed by atoms with van der Waals surface area (Å²) in [7, 11) is 0. The van der Waals surface area contributed by atoms with Gasteiger partial charge in [0.05, 0.1) is 19.8 Å². The highest BCUT2D eigenvalue weighted by Crippen LogP contribution is 2.49. The summed E-state index contributed by atoms with van der Waals surface area (Å²) >= 11 is 0. The van der Waals surface area contributed by atoms with Crippen LogP contribution in [0.4, 0.5) is 11.4 Å². The summed E-state index contributed by atoms with van der Waals surface area (Å²) < 4.78 is 36.0. The van der Waals surface area contributed by atoms with Crippen molar-refractivity contribution in [2.75, 3.05) is 30.5 Å².